The van der Waals surface area contributed by atoms with Crippen LogP contribution in [0, 0.1) is 0 Å². The van der Waals surface area contributed by atoms with Gasteiger partial charge in [0.05, 0.1) is 18.7 Å². The second kappa shape index (κ2) is 22.9. The fourth-order valence-corrected chi connectivity index (χ4v) is 6.54. The number of hydrogen-bond donors (Lipinski definition) is 2. The summed E-state index contributed by atoms with van der Waals surface area (Å²) in [5.41, 5.74) is 8.60. The number of nitrogens with two attached hydrogens (primary N) is 1. The predicted octanol–water partition coefficient (Wildman–Crippen LogP) is 8.29. The Morgan fingerprint density at radius 3 is 2.22 bits per heavy atom. The molecule has 0 aliphatic carbocycles. The summed E-state index contributed by atoms with van der Waals surface area (Å²) < 4.78 is 7.56. The Morgan fingerprint density at radius 2 is 1.49 bits per heavy atom. The molecule has 0 bridgehead atoms. The van der Waals surface area contributed by atoms with Gasteiger partial charge >= 0.3 is 0 Å². The summed E-state index contributed by atoms with van der Waals surface area (Å²) in [6, 6.07) is 7.91. The van der Waals surface area contributed by atoms with E-state index < -0.39 is 0 Å². The number of nitrogens with zero attached hydrogens (tertiary/aromatic N) is 3. The molecule has 0 aliphatic heterocycles. The van der Waals surface area contributed by atoms with Gasteiger partial charge in [-0.1, -0.05) is 109 Å². The number of fused-ring (bicyclic) bond motifs is 3. The van der Waals surface area contributed by atoms with Crippen molar-refractivity contribution in [2.45, 2.75) is 123 Å². The first-order valence-electron chi connectivity index (χ1n) is 17.8. The quantitative estimate of drug-likeness (QED) is 0.0807. The minimum atomic E-state index is 0.101. The first-order valence-corrected chi connectivity index (χ1v) is 18.9. The maximum atomic E-state index is 12.2. The molecular weight excluding hydrogens is 582 g/mol. The van der Waals surface area contributed by atoms with Crippen LogP contribution < -0.4 is 15.9 Å². The van der Waals surface area contributed by atoms with Crippen molar-refractivity contribution in [1.82, 2.24) is 20.0 Å². The Kier molecular flexibility index (Phi) is 18.8. The van der Waals surface area contributed by atoms with Gasteiger partial charge in [0.15, 0.2) is 5.82 Å². The van der Waals surface area contributed by atoms with Crippen LogP contribution in [-0.4, -0.2) is 58.5 Å². The standard InChI is InChI=1S/C36H59N5O3S/c1-3-5-7-8-9-10-11-12-13-14-15-18-28-45-29-19-23-33(42)38-24-25-43-26-27-44-41-32(22-6-4-2)40-34-35(41)30-20-16-17-21-31(30)39-36(34)37/h16-17,20-21H,3-15,18-19,22-29H2,1-2H3,(H2,37,39)(H,38,42). The van der Waals surface area contributed by atoms with Crippen molar-refractivity contribution >= 4 is 45.4 Å². The molecule has 45 heavy (non-hydrogen) atoms. The molecule has 0 aliphatic rings. The van der Waals surface area contributed by atoms with Gasteiger partial charge in [-0.2, -0.15) is 16.5 Å². The number of nitrogens with one attached hydrogen (secondary N) is 1. The number of pyridine rings is 1. The topological polar surface area (TPSA) is 104 Å². The van der Waals surface area contributed by atoms with E-state index in [9.17, 15) is 4.79 Å². The molecule has 252 valence electrons. The summed E-state index contributed by atoms with van der Waals surface area (Å²) in [7, 11) is 0. The van der Waals surface area contributed by atoms with E-state index in [2.05, 4.69) is 24.1 Å². The Labute approximate surface area is 275 Å². The number of benzene rings is 1. The minimum absolute atomic E-state index is 0.101. The van der Waals surface area contributed by atoms with Crippen molar-refractivity contribution in [2.24, 2.45) is 0 Å². The first kappa shape index (κ1) is 36.9. The molecule has 0 spiro atoms. The van der Waals surface area contributed by atoms with E-state index >= 15 is 0 Å². The summed E-state index contributed by atoms with van der Waals surface area (Å²) >= 11 is 1.98. The summed E-state index contributed by atoms with van der Waals surface area (Å²) in [5, 5.41) is 3.93. The van der Waals surface area contributed by atoms with E-state index in [4.69, 9.17) is 20.3 Å². The van der Waals surface area contributed by atoms with Crippen LogP contribution in [0.1, 0.15) is 122 Å². The molecule has 3 rings (SSSR count). The zero-order valence-corrected chi connectivity index (χ0v) is 28.9. The summed E-state index contributed by atoms with van der Waals surface area (Å²) in [6.07, 6.45) is 21.0. The molecule has 0 saturated heterocycles. The van der Waals surface area contributed by atoms with Crippen LogP contribution in [0.15, 0.2) is 24.3 Å². The van der Waals surface area contributed by atoms with E-state index in [0.29, 0.717) is 44.1 Å². The summed E-state index contributed by atoms with van der Waals surface area (Å²) in [6.45, 7) is 6.18. The van der Waals surface area contributed by atoms with Crippen LogP contribution in [0.4, 0.5) is 5.82 Å². The van der Waals surface area contributed by atoms with E-state index in [0.717, 1.165) is 53.7 Å². The van der Waals surface area contributed by atoms with Crippen LogP contribution in [0.25, 0.3) is 21.9 Å². The van der Waals surface area contributed by atoms with E-state index in [1.807, 2.05) is 40.8 Å². The van der Waals surface area contributed by atoms with Gasteiger partial charge < -0.3 is 20.6 Å². The fraction of sp³-hybridized carbons (Fsp3) is 0.694. The van der Waals surface area contributed by atoms with Gasteiger partial charge in [0.1, 0.15) is 23.5 Å². The Morgan fingerprint density at radius 1 is 0.822 bits per heavy atom. The number of carbonyl (C=O) groups is 1. The highest BCUT2D eigenvalue weighted by Gasteiger charge is 2.18. The lowest BCUT2D eigenvalue weighted by Crippen LogP contribution is -2.28. The van der Waals surface area contributed by atoms with Crippen LogP contribution in [0.3, 0.4) is 0 Å². The monoisotopic (exact) mass is 641 g/mol. The number of rotatable bonds is 27. The Bertz CT molecular complexity index is 1230. The fourth-order valence-electron chi connectivity index (χ4n) is 5.58. The third-order valence-electron chi connectivity index (χ3n) is 8.15. The number of unbranched alkanes of at least 4 members (excludes halogenated alkanes) is 12. The number of aryl methyl sites for hydroxylation is 1. The number of amides is 1. The molecule has 8 nitrogen and oxygen atoms in total. The van der Waals surface area contributed by atoms with Gasteiger partial charge in [-0.15, -0.1) is 0 Å². The lowest BCUT2D eigenvalue weighted by Gasteiger charge is -2.13. The number of anilines is 1. The van der Waals surface area contributed by atoms with Crippen LogP contribution in [-0.2, 0) is 16.0 Å². The average molecular weight is 642 g/mol. The highest BCUT2D eigenvalue weighted by Crippen LogP contribution is 2.28. The largest absolute Gasteiger partial charge is 0.410 e. The maximum Gasteiger partial charge on any atom is 0.220 e. The zero-order chi connectivity index (χ0) is 32.0. The van der Waals surface area contributed by atoms with Gasteiger partial charge in [0.25, 0.3) is 0 Å². The molecular formula is C36H59N5O3S. The summed E-state index contributed by atoms with van der Waals surface area (Å²) in [4.78, 5) is 27.7. The van der Waals surface area contributed by atoms with Gasteiger partial charge in [0, 0.05) is 24.8 Å². The van der Waals surface area contributed by atoms with Crippen molar-refractivity contribution in [3.8, 4) is 0 Å². The average Bonchev–Trinajstić information content (AvgIpc) is 3.42. The normalized spacial score (nSPS) is 11.5. The smallest absolute Gasteiger partial charge is 0.220 e. The molecule has 1 aromatic carbocycles. The van der Waals surface area contributed by atoms with Gasteiger partial charge in [-0.3, -0.25) is 4.79 Å². The van der Waals surface area contributed by atoms with Crippen molar-refractivity contribution in [3.05, 3.63) is 30.1 Å². The second-order valence-electron chi connectivity index (χ2n) is 12.0. The number of imidazole rings is 1. The third kappa shape index (κ3) is 13.8. The van der Waals surface area contributed by atoms with Crippen LogP contribution in [0.5, 0.6) is 0 Å². The molecule has 0 unspecified atom stereocenters. The van der Waals surface area contributed by atoms with Crippen molar-refractivity contribution in [2.75, 3.05) is 43.6 Å². The molecule has 1 amide bonds. The molecule has 3 aromatic rings. The predicted molar refractivity (Wildman–Crippen MR) is 191 cm³/mol. The van der Waals surface area contributed by atoms with Crippen molar-refractivity contribution < 1.29 is 14.4 Å². The molecule has 0 saturated carbocycles. The number of para-hydroxylation sites is 1. The van der Waals surface area contributed by atoms with E-state index in [1.54, 1.807) is 0 Å². The van der Waals surface area contributed by atoms with Gasteiger partial charge in [-0.05, 0) is 36.8 Å². The highest BCUT2D eigenvalue weighted by molar-refractivity contribution is 7.99. The van der Waals surface area contributed by atoms with Gasteiger partial charge in [-0.25, -0.2) is 9.97 Å². The number of nitrogen functional groups attached to an aromatic ring is 1. The third-order valence-corrected chi connectivity index (χ3v) is 9.31. The highest BCUT2D eigenvalue weighted by atomic mass is 32.2. The number of carbonyl (C=O) groups excluding carboxylic acids is 1. The molecule has 0 atom stereocenters. The van der Waals surface area contributed by atoms with Crippen LogP contribution >= 0.6 is 11.8 Å². The van der Waals surface area contributed by atoms with E-state index in [1.165, 1.54) is 82.8 Å². The van der Waals surface area contributed by atoms with E-state index in [-0.39, 0.29) is 5.91 Å². The number of thioether (sulfide) groups is 1. The minimum Gasteiger partial charge on any atom is -0.410 e. The molecule has 2 aromatic heterocycles. The molecule has 0 fully saturated rings. The maximum absolute atomic E-state index is 12.2. The summed E-state index contributed by atoms with van der Waals surface area (Å²) in [5.74, 6) is 3.62. The second-order valence-corrected chi connectivity index (χ2v) is 13.3. The molecule has 3 N–H and O–H groups in total. The number of ether oxygens (including phenoxy) is 1. The lowest BCUT2D eigenvalue weighted by atomic mass is 10.1. The first-order chi connectivity index (χ1) is 22.2. The lowest BCUT2D eigenvalue weighted by molar-refractivity contribution is -0.121. The Hall–Kier alpha value is -2.52. The zero-order valence-electron chi connectivity index (χ0n) is 28.1. The van der Waals surface area contributed by atoms with Gasteiger partial charge in [0.2, 0.25) is 5.91 Å². The molecule has 0 radical (unpaired) electrons. The van der Waals surface area contributed by atoms with Crippen molar-refractivity contribution in [1.29, 1.82) is 0 Å². The van der Waals surface area contributed by atoms with Crippen molar-refractivity contribution in [3.63, 3.8) is 0 Å². The molecule has 9 heteroatoms. The Balaban J connectivity index is 1.19. The van der Waals surface area contributed by atoms with Crippen LogP contribution in [0.2, 0.25) is 0 Å². The molecule has 2 heterocycles. The SMILES string of the molecule is CCCCCCCCCCCCCCSCCCC(=O)NCCOCCOn1c(CCCC)nc2c(N)nc3ccccc3c21. The number of aromatic nitrogens is 3. The number of hydrogen-bond acceptors (Lipinski definition) is 7.